The van der Waals surface area contributed by atoms with Gasteiger partial charge in [-0.15, -0.1) is 11.3 Å². The van der Waals surface area contributed by atoms with E-state index in [1.54, 1.807) is 0 Å². The summed E-state index contributed by atoms with van der Waals surface area (Å²) in [5.74, 6) is -6.48. The Morgan fingerprint density at radius 1 is 1.18 bits per heavy atom. The normalized spacial score (nSPS) is 10.7. The number of carbonyl (C=O) groups excluding carboxylic acids is 1. The molecule has 0 aliphatic carbocycles. The fraction of sp³-hybridized carbons (Fsp3) is 0.0833. The molecule has 0 aliphatic heterocycles. The van der Waals surface area contributed by atoms with Crippen LogP contribution in [0.2, 0.25) is 0 Å². The van der Waals surface area contributed by atoms with Crippen LogP contribution in [-0.4, -0.2) is 11.2 Å². The molecule has 0 spiro atoms. The van der Waals surface area contributed by atoms with Crippen LogP contribution < -0.4 is 0 Å². The Morgan fingerprint density at radius 2 is 1.77 bits per heavy atom. The van der Waals surface area contributed by atoms with E-state index in [4.69, 9.17) is 0 Å². The minimum absolute atomic E-state index is 0.0510. The predicted octanol–water partition coefficient (Wildman–Crippen LogP) is 4.11. The van der Waals surface area contributed by atoms with Gasteiger partial charge in [-0.25, -0.2) is 17.6 Å². The van der Waals surface area contributed by atoms with Crippen LogP contribution in [-0.2, 0) is 11.2 Å². The van der Waals surface area contributed by atoms with E-state index in [0.29, 0.717) is 11.2 Å². The van der Waals surface area contributed by atoms with Crippen LogP contribution in [0.1, 0.15) is 4.88 Å². The van der Waals surface area contributed by atoms with Gasteiger partial charge in [0.2, 0.25) is 0 Å². The molecule has 1 heterocycles. The smallest absolute Gasteiger partial charge is 0.294 e. The van der Waals surface area contributed by atoms with Crippen LogP contribution >= 0.6 is 23.1 Å². The van der Waals surface area contributed by atoms with Gasteiger partial charge in [-0.3, -0.25) is 10.1 Å². The monoisotopic (exact) mass is 351 g/mol. The molecule has 0 amide bonds. The van der Waals surface area contributed by atoms with Crippen molar-refractivity contribution in [2.75, 3.05) is 0 Å². The number of benzene rings is 1. The lowest BCUT2D eigenvalue weighted by Crippen LogP contribution is -1.97. The first-order valence-electron chi connectivity index (χ1n) is 5.56. The van der Waals surface area contributed by atoms with Gasteiger partial charge >= 0.3 is 0 Å². The van der Waals surface area contributed by atoms with Crippen molar-refractivity contribution in [2.45, 2.75) is 15.5 Å². The number of hydrogen-bond acceptors (Lipinski definition) is 5. The van der Waals surface area contributed by atoms with Crippen molar-refractivity contribution in [1.82, 2.24) is 0 Å². The van der Waals surface area contributed by atoms with Crippen molar-refractivity contribution >= 4 is 35.1 Å². The van der Waals surface area contributed by atoms with Crippen LogP contribution in [0.3, 0.4) is 0 Å². The average Bonchev–Trinajstić information content (AvgIpc) is 2.85. The van der Waals surface area contributed by atoms with Crippen LogP contribution in [0.5, 0.6) is 0 Å². The van der Waals surface area contributed by atoms with Gasteiger partial charge in [0.1, 0.15) is 10.5 Å². The zero-order valence-corrected chi connectivity index (χ0v) is 12.1. The number of nitro groups is 1. The molecule has 2 rings (SSSR count). The van der Waals surface area contributed by atoms with Gasteiger partial charge in [0.25, 0.3) is 5.69 Å². The van der Waals surface area contributed by atoms with Gasteiger partial charge < -0.3 is 4.79 Å². The minimum atomic E-state index is -1.64. The lowest BCUT2D eigenvalue weighted by Gasteiger charge is -2.04. The Hall–Kier alpha value is -1.94. The fourth-order valence-corrected chi connectivity index (χ4v) is 3.86. The second-order valence-electron chi connectivity index (χ2n) is 3.91. The molecule has 0 fully saturated rings. The highest BCUT2D eigenvalue weighted by Crippen LogP contribution is 2.43. The zero-order chi connectivity index (χ0) is 16.4. The van der Waals surface area contributed by atoms with Crippen LogP contribution in [0.4, 0.5) is 23.2 Å². The first-order chi connectivity index (χ1) is 10.3. The third-order valence-corrected chi connectivity index (χ3v) is 4.88. The quantitative estimate of drug-likeness (QED) is 0.267. The van der Waals surface area contributed by atoms with Crippen molar-refractivity contribution in [3.63, 3.8) is 0 Å². The Bertz CT molecular complexity index is 737. The molecule has 2 aromatic rings. The first kappa shape index (κ1) is 16.4. The van der Waals surface area contributed by atoms with E-state index >= 15 is 0 Å². The largest absolute Gasteiger partial charge is 0.303 e. The third kappa shape index (κ3) is 3.12. The number of halogens is 4. The summed E-state index contributed by atoms with van der Waals surface area (Å²) >= 11 is 0.950. The topological polar surface area (TPSA) is 60.2 Å². The van der Waals surface area contributed by atoms with E-state index in [0.717, 1.165) is 17.4 Å². The summed E-state index contributed by atoms with van der Waals surface area (Å²) in [6, 6.07) is 1.13. The van der Waals surface area contributed by atoms with Crippen molar-refractivity contribution in [3.8, 4) is 0 Å². The second-order valence-corrected chi connectivity index (χ2v) is 6.33. The number of carbonyl (C=O) groups is 1. The van der Waals surface area contributed by atoms with E-state index in [-0.39, 0.29) is 28.5 Å². The van der Waals surface area contributed by atoms with E-state index in [2.05, 4.69) is 0 Å². The third-order valence-electron chi connectivity index (χ3n) is 2.48. The summed E-state index contributed by atoms with van der Waals surface area (Å²) in [5, 5.41) is 10.9. The lowest BCUT2D eigenvalue weighted by molar-refractivity contribution is -0.387. The molecule has 0 unspecified atom stereocenters. The molecule has 0 aliphatic rings. The van der Waals surface area contributed by atoms with E-state index in [1.165, 1.54) is 0 Å². The van der Waals surface area contributed by atoms with Crippen LogP contribution in [0.15, 0.2) is 21.2 Å². The van der Waals surface area contributed by atoms with Crippen molar-refractivity contribution in [3.05, 3.63) is 50.4 Å². The van der Waals surface area contributed by atoms with Gasteiger partial charge in [0, 0.05) is 23.4 Å². The van der Waals surface area contributed by atoms with Gasteiger partial charge in [0.15, 0.2) is 23.3 Å². The number of nitrogens with zero attached hydrogens (tertiary/aromatic N) is 1. The summed E-state index contributed by atoms with van der Waals surface area (Å²) in [6.45, 7) is 0. The number of hydrogen-bond donors (Lipinski definition) is 0. The molecule has 0 atom stereocenters. The van der Waals surface area contributed by atoms with Crippen molar-refractivity contribution in [2.24, 2.45) is 0 Å². The molecule has 0 bridgehead atoms. The molecule has 22 heavy (non-hydrogen) atoms. The summed E-state index contributed by atoms with van der Waals surface area (Å²) in [6.07, 6.45) is 0.390. The molecule has 4 nitrogen and oxygen atoms in total. The maximum atomic E-state index is 13.6. The number of aldehydes is 1. The number of thiophene rings is 1. The molecule has 0 saturated heterocycles. The maximum Gasteiger partial charge on any atom is 0.294 e. The van der Waals surface area contributed by atoms with Gasteiger partial charge in [0.05, 0.1) is 9.82 Å². The average molecular weight is 351 g/mol. The first-order valence-corrected chi connectivity index (χ1v) is 7.20. The summed E-state index contributed by atoms with van der Waals surface area (Å²) in [7, 11) is 0. The molecule has 0 N–H and O–H groups in total. The molecule has 1 aromatic carbocycles. The molecular weight excluding hydrogens is 346 g/mol. The summed E-state index contributed by atoms with van der Waals surface area (Å²) in [4.78, 5) is 19.8. The highest BCUT2D eigenvalue weighted by Gasteiger charge is 2.26. The molecular formula is C12H5F4NO3S2. The highest BCUT2D eigenvalue weighted by atomic mass is 32.2. The van der Waals surface area contributed by atoms with Gasteiger partial charge in [-0.1, -0.05) is 11.8 Å². The van der Waals surface area contributed by atoms with Crippen molar-refractivity contribution in [1.29, 1.82) is 0 Å². The lowest BCUT2D eigenvalue weighted by atomic mass is 10.3. The Kier molecular flexibility index (Phi) is 4.81. The SMILES string of the molecule is O=CCc1cc([N+](=O)[O-])c(Sc2c(F)c(F)cc(F)c2F)s1. The van der Waals surface area contributed by atoms with Crippen LogP contribution in [0.25, 0.3) is 0 Å². The van der Waals surface area contributed by atoms with Gasteiger partial charge in [-0.05, 0) is 0 Å². The molecule has 116 valence electrons. The van der Waals surface area contributed by atoms with Crippen LogP contribution in [0, 0.1) is 33.4 Å². The van der Waals surface area contributed by atoms with E-state index in [1.807, 2.05) is 0 Å². The molecule has 0 radical (unpaired) electrons. The fourth-order valence-electron chi connectivity index (χ4n) is 1.53. The van der Waals surface area contributed by atoms with Crippen molar-refractivity contribution < 1.29 is 27.3 Å². The zero-order valence-electron chi connectivity index (χ0n) is 10.4. The van der Waals surface area contributed by atoms with E-state index < -0.39 is 38.8 Å². The second kappa shape index (κ2) is 6.44. The standard InChI is InChI=1S/C12H5F4NO3S2/c13-6-4-7(14)10(16)11(9(6)15)22-12-8(17(19)20)3-5(21-12)1-2-18/h2-4H,1H2. The maximum absolute atomic E-state index is 13.6. The Morgan fingerprint density at radius 3 is 2.27 bits per heavy atom. The molecule has 0 saturated carbocycles. The molecule has 10 heteroatoms. The Labute approximate surface area is 128 Å². The highest BCUT2D eigenvalue weighted by molar-refractivity contribution is 8.01. The number of rotatable bonds is 5. The predicted molar refractivity (Wildman–Crippen MR) is 71.1 cm³/mol. The molecule has 1 aromatic heterocycles. The summed E-state index contributed by atoms with van der Waals surface area (Å²) < 4.78 is 53.3. The summed E-state index contributed by atoms with van der Waals surface area (Å²) in [5.41, 5.74) is -0.490. The van der Waals surface area contributed by atoms with Gasteiger partial charge in [-0.2, -0.15) is 0 Å². The minimum Gasteiger partial charge on any atom is -0.303 e. The Balaban J connectivity index is 2.51. The van der Waals surface area contributed by atoms with E-state index in [9.17, 15) is 32.5 Å².